The average Bonchev–Trinajstić information content (AvgIpc) is 2.18. The number of hydrogen-bond acceptors (Lipinski definition) is 3. The second kappa shape index (κ2) is 5.32. The molecule has 1 rings (SSSR count). The van der Waals surface area contributed by atoms with Crippen molar-refractivity contribution in [3.05, 3.63) is 0 Å². The van der Waals surface area contributed by atoms with E-state index in [-0.39, 0.29) is 18.6 Å². The molecule has 0 aromatic heterocycles. The molecular weight excluding hydrogens is 180 g/mol. The Morgan fingerprint density at radius 3 is 3.00 bits per heavy atom. The first-order chi connectivity index (χ1) is 6.70. The Bertz CT molecular complexity index is 195. The maximum atomic E-state index is 11.6. The summed E-state index contributed by atoms with van der Waals surface area (Å²) in [4.78, 5) is 13.6. The van der Waals surface area contributed by atoms with Gasteiger partial charge in [0, 0.05) is 6.04 Å². The number of nitrogens with two attached hydrogens (primary N) is 1. The van der Waals surface area contributed by atoms with Crippen LogP contribution in [0.25, 0.3) is 0 Å². The van der Waals surface area contributed by atoms with E-state index in [0.29, 0.717) is 19.2 Å². The van der Waals surface area contributed by atoms with E-state index in [1.54, 1.807) is 0 Å². The summed E-state index contributed by atoms with van der Waals surface area (Å²) in [6.07, 6.45) is 1.81. The molecule has 0 bridgehead atoms. The monoisotopic (exact) mass is 200 g/mol. The Morgan fingerprint density at radius 2 is 2.43 bits per heavy atom. The average molecular weight is 200 g/mol. The summed E-state index contributed by atoms with van der Waals surface area (Å²) in [7, 11) is 0. The zero-order valence-corrected chi connectivity index (χ0v) is 9.03. The minimum absolute atomic E-state index is 0.101. The lowest BCUT2D eigenvalue weighted by Crippen LogP contribution is -2.53. The number of hydrogen-bond donors (Lipinski definition) is 1. The SMILES string of the molecule is CCC(C)N1C(=O)COCC1CCN. The van der Waals surface area contributed by atoms with Gasteiger partial charge in [-0.2, -0.15) is 0 Å². The normalized spacial score (nSPS) is 25.2. The van der Waals surface area contributed by atoms with E-state index in [0.717, 1.165) is 12.8 Å². The number of ether oxygens (including phenoxy) is 1. The van der Waals surface area contributed by atoms with Gasteiger partial charge in [0.05, 0.1) is 12.6 Å². The van der Waals surface area contributed by atoms with Crippen LogP contribution in [0, 0.1) is 0 Å². The number of rotatable bonds is 4. The Hall–Kier alpha value is -0.610. The second-order valence-corrected chi connectivity index (χ2v) is 3.80. The minimum atomic E-state index is 0.101. The van der Waals surface area contributed by atoms with Crippen LogP contribution in [0.15, 0.2) is 0 Å². The van der Waals surface area contributed by atoms with Crippen molar-refractivity contribution >= 4 is 5.91 Å². The molecule has 2 N–H and O–H groups in total. The third-order valence-electron chi connectivity index (χ3n) is 2.78. The van der Waals surface area contributed by atoms with Crippen molar-refractivity contribution in [2.24, 2.45) is 5.73 Å². The van der Waals surface area contributed by atoms with Gasteiger partial charge in [-0.1, -0.05) is 6.92 Å². The van der Waals surface area contributed by atoms with E-state index in [1.807, 2.05) is 4.90 Å². The predicted octanol–water partition coefficient (Wildman–Crippen LogP) is 0.361. The zero-order valence-electron chi connectivity index (χ0n) is 9.03. The number of morpholine rings is 1. The van der Waals surface area contributed by atoms with Crippen LogP contribution in [0.1, 0.15) is 26.7 Å². The highest BCUT2D eigenvalue weighted by atomic mass is 16.5. The Balaban J connectivity index is 2.65. The van der Waals surface area contributed by atoms with Crippen LogP contribution in [0.5, 0.6) is 0 Å². The molecule has 2 unspecified atom stereocenters. The lowest BCUT2D eigenvalue weighted by Gasteiger charge is -2.39. The molecule has 0 aliphatic carbocycles. The molecule has 0 saturated carbocycles. The summed E-state index contributed by atoms with van der Waals surface area (Å²) in [6, 6.07) is 0.471. The van der Waals surface area contributed by atoms with Gasteiger partial charge in [0.1, 0.15) is 6.61 Å². The summed E-state index contributed by atoms with van der Waals surface area (Å²) in [6.45, 7) is 5.63. The molecule has 1 fully saturated rings. The van der Waals surface area contributed by atoms with Crippen LogP contribution >= 0.6 is 0 Å². The fourth-order valence-corrected chi connectivity index (χ4v) is 1.86. The van der Waals surface area contributed by atoms with Gasteiger partial charge in [0.25, 0.3) is 0 Å². The van der Waals surface area contributed by atoms with Gasteiger partial charge < -0.3 is 15.4 Å². The molecule has 4 heteroatoms. The fraction of sp³-hybridized carbons (Fsp3) is 0.900. The van der Waals surface area contributed by atoms with E-state index in [2.05, 4.69) is 13.8 Å². The maximum Gasteiger partial charge on any atom is 0.249 e. The fourth-order valence-electron chi connectivity index (χ4n) is 1.86. The summed E-state index contributed by atoms with van der Waals surface area (Å²) in [5.74, 6) is 0.101. The van der Waals surface area contributed by atoms with Gasteiger partial charge >= 0.3 is 0 Å². The molecule has 0 aromatic rings. The lowest BCUT2D eigenvalue weighted by molar-refractivity contribution is -0.151. The van der Waals surface area contributed by atoms with Gasteiger partial charge in [0.15, 0.2) is 0 Å². The Kier molecular flexibility index (Phi) is 4.35. The predicted molar refractivity (Wildman–Crippen MR) is 54.9 cm³/mol. The Morgan fingerprint density at radius 1 is 1.71 bits per heavy atom. The smallest absolute Gasteiger partial charge is 0.249 e. The first kappa shape index (κ1) is 11.5. The van der Waals surface area contributed by atoms with Crippen molar-refractivity contribution in [2.75, 3.05) is 19.8 Å². The maximum absolute atomic E-state index is 11.6. The molecule has 1 aliphatic rings. The van der Waals surface area contributed by atoms with E-state index >= 15 is 0 Å². The third-order valence-corrected chi connectivity index (χ3v) is 2.78. The molecule has 1 amide bonds. The summed E-state index contributed by atoms with van der Waals surface area (Å²) in [5, 5.41) is 0. The molecule has 14 heavy (non-hydrogen) atoms. The first-order valence-electron chi connectivity index (χ1n) is 5.29. The van der Waals surface area contributed by atoms with Crippen LogP contribution in [0.4, 0.5) is 0 Å². The van der Waals surface area contributed by atoms with Crippen LogP contribution in [0.3, 0.4) is 0 Å². The van der Waals surface area contributed by atoms with E-state index in [9.17, 15) is 4.79 Å². The van der Waals surface area contributed by atoms with Crippen molar-refractivity contribution in [1.82, 2.24) is 4.90 Å². The molecule has 1 saturated heterocycles. The number of nitrogens with zero attached hydrogens (tertiary/aromatic N) is 1. The standard InChI is InChI=1S/C10H20N2O2/c1-3-8(2)12-9(4-5-11)6-14-7-10(12)13/h8-9H,3-7,11H2,1-2H3. The lowest BCUT2D eigenvalue weighted by atomic mass is 10.1. The highest BCUT2D eigenvalue weighted by Crippen LogP contribution is 2.16. The molecule has 0 radical (unpaired) electrons. The molecule has 2 atom stereocenters. The van der Waals surface area contributed by atoms with Gasteiger partial charge in [-0.15, -0.1) is 0 Å². The molecule has 82 valence electrons. The van der Waals surface area contributed by atoms with E-state index in [1.165, 1.54) is 0 Å². The number of carbonyl (C=O) groups excluding carboxylic acids is 1. The summed E-state index contributed by atoms with van der Waals surface area (Å²) < 4.78 is 5.23. The van der Waals surface area contributed by atoms with Crippen molar-refractivity contribution in [3.63, 3.8) is 0 Å². The van der Waals surface area contributed by atoms with Gasteiger partial charge in [-0.3, -0.25) is 4.79 Å². The molecule has 0 spiro atoms. The van der Waals surface area contributed by atoms with Crippen LogP contribution < -0.4 is 5.73 Å². The largest absolute Gasteiger partial charge is 0.369 e. The van der Waals surface area contributed by atoms with Crippen molar-refractivity contribution in [3.8, 4) is 0 Å². The number of amides is 1. The van der Waals surface area contributed by atoms with E-state index in [4.69, 9.17) is 10.5 Å². The zero-order chi connectivity index (χ0) is 10.6. The summed E-state index contributed by atoms with van der Waals surface area (Å²) >= 11 is 0. The molecule has 1 heterocycles. The van der Waals surface area contributed by atoms with Gasteiger partial charge in [0.2, 0.25) is 5.91 Å². The van der Waals surface area contributed by atoms with Gasteiger partial charge in [-0.05, 0) is 26.3 Å². The van der Waals surface area contributed by atoms with Crippen molar-refractivity contribution in [2.45, 2.75) is 38.8 Å². The Labute approximate surface area is 85.4 Å². The van der Waals surface area contributed by atoms with Crippen molar-refractivity contribution < 1.29 is 9.53 Å². The highest BCUT2D eigenvalue weighted by molar-refractivity contribution is 5.78. The van der Waals surface area contributed by atoms with Crippen LogP contribution in [-0.4, -0.2) is 42.6 Å². The van der Waals surface area contributed by atoms with Crippen molar-refractivity contribution in [1.29, 1.82) is 0 Å². The summed E-state index contributed by atoms with van der Waals surface area (Å²) in [5.41, 5.74) is 5.52. The first-order valence-corrected chi connectivity index (χ1v) is 5.29. The third kappa shape index (κ3) is 2.45. The van der Waals surface area contributed by atoms with Crippen LogP contribution in [0.2, 0.25) is 0 Å². The van der Waals surface area contributed by atoms with Crippen LogP contribution in [-0.2, 0) is 9.53 Å². The van der Waals surface area contributed by atoms with Gasteiger partial charge in [-0.25, -0.2) is 0 Å². The topological polar surface area (TPSA) is 55.6 Å². The van der Waals surface area contributed by atoms with E-state index < -0.39 is 0 Å². The second-order valence-electron chi connectivity index (χ2n) is 3.80. The highest BCUT2D eigenvalue weighted by Gasteiger charge is 2.30. The molecule has 4 nitrogen and oxygen atoms in total. The molecule has 1 aliphatic heterocycles. The molecular formula is C10H20N2O2. The minimum Gasteiger partial charge on any atom is -0.369 e. The molecule has 0 aromatic carbocycles. The quantitative estimate of drug-likeness (QED) is 0.713. The number of carbonyl (C=O) groups is 1.